The fraction of sp³-hybridized carbons (Fsp3) is 0.214. The van der Waals surface area contributed by atoms with Gasteiger partial charge >= 0.3 is 0 Å². The number of aryl methyl sites for hydroxylation is 1. The average Bonchev–Trinajstić information content (AvgIpc) is 2.99. The molecular formula is C14H12N4OS. The molecule has 100 valence electrons. The topological polar surface area (TPSA) is 91.8 Å². The van der Waals surface area contributed by atoms with Gasteiger partial charge in [-0.1, -0.05) is 0 Å². The Morgan fingerprint density at radius 2 is 2.30 bits per heavy atom. The summed E-state index contributed by atoms with van der Waals surface area (Å²) in [5, 5.41) is 12.7. The van der Waals surface area contributed by atoms with E-state index in [0.29, 0.717) is 16.3 Å². The molecule has 0 saturated heterocycles. The molecule has 0 bridgehead atoms. The number of nitrogen functional groups attached to an aromatic ring is 1. The van der Waals surface area contributed by atoms with Crippen LogP contribution in [0.2, 0.25) is 0 Å². The summed E-state index contributed by atoms with van der Waals surface area (Å²) in [6, 6.07) is 5.39. The Balaban J connectivity index is 1.87. The van der Waals surface area contributed by atoms with Crippen molar-refractivity contribution in [3.63, 3.8) is 0 Å². The molecule has 0 spiro atoms. The van der Waals surface area contributed by atoms with Gasteiger partial charge in [0, 0.05) is 4.88 Å². The third kappa shape index (κ3) is 2.12. The van der Waals surface area contributed by atoms with Crippen molar-refractivity contribution in [2.45, 2.75) is 19.3 Å². The van der Waals surface area contributed by atoms with Crippen molar-refractivity contribution >= 4 is 27.9 Å². The van der Waals surface area contributed by atoms with Gasteiger partial charge in [-0.05, 0) is 37.0 Å². The number of pyridine rings is 1. The summed E-state index contributed by atoms with van der Waals surface area (Å²) in [6.45, 7) is 0. The van der Waals surface area contributed by atoms with E-state index >= 15 is 0 Å². The first-order valence-electron chi connectivity index (χ1n) is 6.26. The molecule has 0 radical (unpaired) electrons. The Labute approximate surface area is 120 Å². The highest BCUT2D eigenvalue weighted by molar-refractivity contribution is 7.16. The summed E-state index contributed by atoms with van der Waals surface area (Å²) < 4.78 is 0. The van der Waals surface area contributed by atoms with Crippen molar-refractivity contribution in [2.75, 3.05) is 11.1 Å². The number of carbonyl (C=O) groups is 1. The number of carbonyl (C=O) groups excluding carboxylic acids is 1. The molecule has 0 saturated carbocycles. The van der Waals surface area contributed by atoms with E-state index in [1.807, 2.05) is 0 Å². The van der Waals surface area contributed by atoms with Gasteiger partial charge in [0.05, 0.1) is 17.4 Å². The molecule has 1 aliphatic rings. The number of hydrogen-bond donors (Lipinski definition) is 2. The van der Waals surface area contributed by atoms with Crippen molar-refractivity contribution in [3.8, 4) is 6.07 Å². The molecule has 2 aromatic heterocycles. The van der Waals surface area contributed by atoms with Gasteiger partial charge in [0.2, 0.25) is 0 Å². The van der Waals surface area contributed by atoms with Crippen molar-refractivity contribution in [3.05, 3.63) is 40.0 Å². The average molecular weight is 284 g/mol. The van der Waals surface area contributed by atoms with Gasteiger partial charge in [-0.15, -0.1) is 11.3 Å². The quantitative estimate of drug-likeness (QED) is 0.885. The van der Waals surface area contributed by atoms with Crippen LogP contribution in [0.4, 0.5) is 10.7 Å². The van der Waals surface area contributed by atoms with E-state index in [0.717, 1.165) is 24.8 Å². The number of fused-ring (bicyclic) bond motifs is 1. The second-order valence-electron chi connectivity index (χ2n) is 4.60. The van der Waals surface area contributed by atoms with Crippen LogP contribution in [-0.4, -0.2) is 10.9 Å². The highest BCUT2D eigenvalue weighted by Crippen LogP contribution is 2.38. The zero-order valence-electron chi connectivity index (χ0n) is 10.6. The molecule has 1 aliphatic carbocycles. The lowest BCUT2D eigenvalue weighted by Crippen LogP contribution is -2.13. The summed E-state index contributed by atoms with van der Waals surface area (Å²) in [5.74, 6) is -0.318. The Kier molecular flexibility index (Phi) is 3.12. The number of nitrogens with one attached hydrogen (secondary N) is 1. The van der Waals surface area contributed by atoms with Crippen LogP contribution in [0, 0.1) is 11.3 Å². The maximum atomic E-state index is 12.1. The van der Waals surface area contributed by atoms with Crippen LogP contribution >= 0.6 is 11.3 Å². The van der Waals surface area contributed by atoms with Crippen molar-refractivity contribution in [2.24, 2.45) is 0 Å². The second-order valence-corrected chi connectivity index (χ2v) is 5.71. The van der Waals surface area contributed by atoms with Gasteiger partial charge in [-0.3, -0.25) is 4.79 Å². The van der Waals surface area contributed by atoms with Crippen LogP contribution in [0.15, 0.2) is 18.3 Å². The maximum Gasteiger partial charge on any atom is 0.274 e. The van der Waals surface area contributed by atoms with Crippen LogP contribution in [-0.2, 0) is 12.8 Å². The smallest absolute Gasteiger partial charge is 0.274 e. The number of hydrogen-bond acceptors (Lipinski definition) is 5. The van der Waals surface area contributed by atoms with Gasteiger partial charge in [0.15, 0.2) is 0 Å². The lowest BCUT2D eigenvalue weighted by atomic mass is 10.1. The Morgan fingerprint density at radius 3 is 3.00 bits per heavy atom. The minimum absolute atomic E-state index is 0.289. The molecule has 3 rings (SSSR count). The molecular weight excluding hydrogens is 272 g/mol. The molecule has 3 N–H and O–H groups in total. The lowest BCUT2D eigenvalue weighted by molar-refractivity contribution is 0.102. The van der Waals surface area contributed by atoms with Crippen molar-refractivity contribution < 1.29 is 4.79 Å². The Bertz CT molecular complexity index is 712. The molecule has 2 heterocycles. The zero-order chi connectivity index (χ0) is 14.1. The summed E-state index contributed by atoms with van der Waals surface area (Å²) in [4.78, 5) is 17.3. The summed E-state index contributed by atoms with van der Waals surface area (Å²) in [6.07, 6.45) is 4.44. The first-order chi connectivity index (χ1) is 9.69. The summed E-state index contributed by atoms with van der Waals surface area (Å²) in [5.41, 5.74) is 8.03. The van der Waals surface area contributed by atoms with Crippen LogP contribution in [0.5, 0.6) is 0 Å². The first kappa shape index (κ1) is 12.6. The van der Waals surface area contributed by atoms with Gasteiger partial charge in [0.1, 0.15) is 16.8 Å². The fourth-order valence-electron chi connectivity index (χ4n) is 2.32. The minimum Gasteiger partial charge on any atom is -0.397 e. The van der Waals surface area contributed by atoms with E-state index in [9.17, 15) is 10.1 Å². The summed E-state index contributed by atoms with van der Waals surface area (Å²) in [7, 11) is 0. The van der Waals surface area contributed by atoms with E-state index in [2.05, 4.69) is 16.4 Å². The predicted molar refractivity (Wildman–Crippen MR) is 77.7 cm³/mol. The van der Waals surface area contributed by atoms with Crippen LogP contribution in [0.3, 0.4) is 0 Å². The maximum absolute atomic E-state index is 12.1. The Hall–Kier alpha value is -2.39. The van der Waals surface area contributed by atoms with E-state index in [1.54, 1.807) is 12.1 Å². The van der Waals surface area contributed by atoms with Crippen LogP contribution in [0.25, 0.3) is 0 Å². The lowest BCUT2D eigenvalue weighted by Gasteiger charge is -2.03. The summed E-state index contributed by atoms with van der Waals surface area (Å²) >= 11 is 1.49. The molecule has 0 aromatic carbocycles. The molecule has 20 heavy (non-hydrogen) atoms. The van der Waals surface area contributed by atoms with E-state index < -0.39 is 0 Å². The number of aromatic nitrogens is 1. The number of nitrogens with two attached hydrogens (primary N) is 1. The SMILES string of the molecule is N#Cc1c(NC(=O)c2ccc(N)cn2)sc2c1CCC2. The molecule has 0 unspecified atom stereocenters. The van der Waals surface area contributed by atoms with Crippen molar-refractivity contribution in [1.82, 2.24) is 4.98 Å². The molecule has 6 heteroatoms. The Morgan fingerprint density at radius 1 is 1.45 bits per heavy atom. The number of nitrogens with zero attached hydrogens (tertiary/aromatic N) is 2. The number of nitriles is 1. The number of amides is 1. The van der Waals surface area contributed by atoms with Crippen LogP contribution < -0.4 is 11.1 Å². The normalized spacial score (nSPS) is 12.8. The molecule has 5 nitrogen and oxygen atoms in total. The largest absolute Gasteiger partial charge is 0.397 e. The molecule has 1 amide bonds. The van der Waals surface area contributed by atoms with Crippen molar-refractivity contribution in [1.29, 1.82) is 5.26 Å². The third-order valence-corrected chi connectivity index (χ3v) is 4.49. The first-order valence-corrected chi connectivity index (χ1v) is 7.08. The van der Waals surface area contributed by atoms with Gasteiger partial charge in [-0.2, -0.15) is 5.26 Å². The fourth-order valence-corrected chi connectivity index (χ4v) is 3.55. The predicted octanol–water partition coefficient (Wildman–Crippen LogP) is 2.34. The highest BCUT2D eigenvalue weighted by atomic mass is 32.1. The number of thiophene rings is 1. The van der Waals surface area contributed by atoms with E-state index in [1.165, 1.54) is 22.4 Å². The van der Waals surface area contributed by atoms with E-state index in [-0.39, 0.29) is 11.6 Å². The highest BCUT2D eigenvalue weighted by Gasteiger charge is 2.23. The van der Waals surface area contributed by atoms with Gasteiger partial charge in [-0.25, -0.2) is 4.98 Å². The standard InChI is InChI=1S/C14H12N4OS/c15-6-10-9-2-1-3-12(9)20-14(10)18-13(19)11-5-4-8(16)7-17-11/h4-5,7H,1-3,16H2,(H,18,19). The third-order valence-electron chi connectivity index (χ3n) is 3.28. The molecule has 0 atom stereocenters. The second kappa shape index (κ2) is 4.94. The van der Waals surface area contributed by atoms with Crippen LogP contribution in [0.1, 0.15) is 32.9 Å². The molecule has 0 aliphatic heterocycles. The van der Waals surface area contributed by atoms with Gasteiger partial charge < -0.3 is 11.1 Å². The van der Waals surface area contributed by atoms with Gasteiger partial charge in [0.25, 0.3) is 5.91 Å². The minimum atomic E-state index is -0.318. The monoisotopic (exact) mass is 284 g/mol. The number of rotatable bonds is 2. The van der Waals surface area contributed by atoms with E-state index in [4.69, 9.17) is 5.73 Å². The molecule has 0 fully saturated rings. The number of anilines is 2. The zero-order valence-corrected chi connectivity index (χ0v) is 11.5. The molecule has 2 aromatic rings.